The van der Waals surface area contributed by atoms with E-state index in [1.807, 2.05) is 12.1 Å². The molecule has 4 aromatic rings. The van der Waals surface area contributed by atoms with Crippen molar-refractivity contribution in [2.75, 3.05) is 52.4 Å². The molecule has 2 saturated carbocycles. The third-order valence-electron chi connectivity index (χ3n) is 15.4. The second-order valence-corrected chi connectivity index (χ2v) is 19.7. The fourth-order valence-electron chi connectivity index (χ4n) is 11.3. The van der Waals surface area contributed by atoms with Crippen LogP contribution >= 0.6 is 0 Å². The van der Waals surface area contributed by atoms with Gasteiger partial charge in [0.25, 0.3) is 0 Å². The summed E-state index contributed by atoms with van der Waals surface area (Å²) < 4.78 is 31.6. The average Bonchev–Trinajstić information content (AvgIpc) is 3.28. The zero-order chi connectivity index (χ0) is 46.3. The van der Waals surface area contributed by atoms with Gasteiger partial charge in [-0.15, -0.1) is 0 Å². The molecule has 8 rings (SSSR count). The number of likely N-dealkylation sites (tertiary alicyclic amines) is 2. The molecule has 2 saturated heterocycles. The Labute approximate surface area is 389 Å². The number of carbonyl (C=O) groups excluding carboxylic acids is 3. The van der Waals surface area contributed by atoms with Crippen LogP contribution in [0.25, 0.3) is 0 Å². The molecule has 4 aromatic carbocycles. The molecule has 4 N–H and O–H groups in total. The average molecular weight is 903 g/mol. The van der Waals surface area contributed by atoms with E-state index in [1.54, 1.807) is 50.2 Å². The first-order valence-electron chi connectivity index (χ1n) is 24.6. The molecule has 2 heterocycles. The van der Waals surface area contributed by atoms with Gasteiger partial charge in [-0.2, -0.15) is 0 Å². The summed E-state index contributed by atoms with van der Waals surface area (Å²) in [7, 11) is 0. The summed E-state index contributed by atoms with van der Waals surface area (Å²) in [6.45, 7) is 7.79. The van der Waals surface area contributed by atoms with Crippen molar-refractivity contribution in [3.8, 4) is 11.5 Å². The molecule has 0 aromatic heterocycles. The van der Waals surface area contributed by atoms with E-state index in [-0.39, 0.29) is 28.8 Å². The molecule has 4 aliphatic rings. The van der Waals surface area contributed by atoms with Gasteiger partial charge >= 0.3 is 0 Å². The largest absolute Gasteiger partial charge is 0.508 e. The van der Waals surface area contributed by atoms with Crippen molar-refractivity contribution in [2.24, 2.45) is 23.7 Å². The minimum Gasteiger partial charge on any atom is -0.508 e. The van der Waals surface area contributed by atoms with Crippen LogP contribution in [0, 0.1) is 49.2 Å². The van der Waals surface area contributed by atoms with Crippen molar-refractivity contribution in [2.45, 2.75) is 102 Å². The topological polar surface area (TPSA) is 122 Å². The van der Waals surface area contributed by atoms with Gasteiger partial charge in [0.2, 0.25) is 0 Å². The highest BCUT2D eigenvalue weighted by molar-refractivity contribution is 6.01. The number of hydrogen-bond acceptors (Lipinski definition) is 9. The Morgan fingerprint density at radius 2 is 0.955 bits per heavy atom. The van der Waals surface area contributed by atoms with Crippen LogP contribution in [-0.4, -0.2) is 102 Å². The van der Waals surface area contributed by atoms with Gasteiger partial charge in [-0.05, 0) is 150 Å². The molecule has 0 radical (unpaired) electrons. The summed E-state index contributed by atoms with van der Waals surface area (Å²) in [6, 6.07) is 23.5. The van der Waals surface area contributed by atoms with E-state index < -0.39 is 47.1 Å². The summed E-state index contributed by atoms with van der Waals surface area (Å²) in [5.41, 5.74) is 2.57. The zero-order valence-corrected chi connectivity index (χ0v) is 38.7. The molecule has 6 atom stereocenters. The Balaban J connectivity index is 1.20. The molecule has 6 unspecified atom stereocenters. The second-order valence-electron chi connectivity index (χ2n) is 19.7. The molecule has 352 valence electrons. The Hall–Kier alpha value is -4.81. The fraction of sp³-hybridized carbons (Fsp3) is 0.509. The number of aromatic hydroxyl groups is 2. The Morgan fingerprint density at radius 1 is 0.561 bits per heavy atom. The first-order chi connectivity index (χ1) is 32.0. The van der Waals surface area contributed by atoms with Gasteiger partial charge in [-0.3, -0.25) is 14.4 Å². The van der Waals surface area contributed by atoms with E-state index in [0.717, 1.165) is 38.8 Å². The highest BCUT2D eigenvalue weighted by Crippen LogP contribution is 2.48. The van der Waals surface area contributed by atoms with E-state index >= 15 is 23.2 Å². The lowest BCUT2D eigenvalue weighted by molar-refractivity contribution is -0.133. The Morgan fingerprint density at radius 3 is 1.33 bits per heavy atom. The van der Waals surface area contributed by atoms with Gasteiger partial charge in [0.05, 0.1) is 0 Å². The van der Waals surface area contributed by atoms with E-state index in [0.29, 0.717) is 84.7 Å². The molecular weight excluding hydrogens is 835 g/mol. The van der Waals surface area contributed by atoms with Gasteiger partial charge in [0.1, 0.15) is 28.9 Å². The molecule has 0 bridgehead atoms. The highest BCUT2D eigenvalue weighted by Gasteiger charge is 2.51. The standard InChI is InChI=1S/C55H68F2N4O5/c1-35-43(21-11-23-49(35)56)51-45(53(64)37-13-7-19-41(62)29-37)31-60(27-5-3-25-58-39-15-9-16-39)33-47(51)55(66)48-34-61(28-6-4-26-59-40-17-10-18-40)32-46(54(65)38-14-8-20-42(63)30-38)52(48)44-22-12-24-50(57)36(44)2/h7-8,11-14,19-24,29-30,39-40,45-48,51-52,58-59,62-63H,3-6,9-10,15-18,25-28,31-34H2,1-2H3. The van der Waals surface area contributed by atoms with Crippen molar-refractivity contribution in [3.05, 3.63) is 130 Å². The minimum atomic E-state index is -0.803. The number of phenols is 2. The van der Waals surface area contributed by atoms with Crippen molar-refractivity contribution >= 4 is 17.3 Å². The molecule has 11 heteroatoms. The lowest BCUT2D eigenvalue weighted by Crippen LogP contribution is -2.56. The van der Waals surface area contributed by atoms with Crippen LogP contribution in [0.3, 0.4) is 0 Å². The maximum atomic E-state index is 16.3. The van der Waals surface area contributed by atoms with Crippen LogP contribution in [0.5, 0.6) is 11.5 Å². The number of unbranched alkanes of at least 4 members (excludes halogenated alkanes) is 2. The predicted molar refractivity (Wildman–Crippen MR) is 254 cm³/mol. The van der Waals surface area contributed by atoms with Gasteiger partial charge in [-0.1, -0.05) is 61.4 Å². The number of carbonyl (C=O) groups is 3. The number of phenolic OH excluding ortho intramolecular Hbond substituents is 2. The summed E-state index contributed by atoms with van der Waals surface area (Å²) in [5, 5.41) is 28.4. The smallest absolute Gasteiger partial charge is 0.167 e. The molecular formula is C55H68F2N4O5. The van der Waals surface area contributed by atoms with Gasteiger partial charge < -0.3 is 30.6 Å². The van der Waals surface area contributed by atoms with Crippen LogP contribution in [0.4, 0.5) is 8.78 Å². The predicted octanol–water partition coefficient (Wildman–Crippen LogP) is 9.14. The monoisotopic (exact) mass is 903 g/mol. The first-order valence-corrected chi connectivity index (χ1v) is 24.6. The summed E-state index contributed by atoms with van der Waals surface area (Å²) in [4.78, 5) is 50.8. The SMILES string of the molecule is Cc1c(F)cccc1C1C(C(=O)c2cccc(O)c2)CN(CCCCNC2CCC2)CC1C(=O)C1CN(CCCCNC2CCC2)CC(C(=O)c2cccc(O)c2)C1c1cccc(F)c1C. The van der Waals surface area contributed by atoms with Crippen LogP contribution in [-0.2, 0) is 4.79 Å². The van der Waals surface area contributed by atoms with E-state index in [1.165, 1.54) is 74.9 Å². The molecule has 66 heavy (non-hydrogen) atoms. The van der Waals surface area contributed by atoms with Crippen molar-refractivity contribution in [1.82, 2.24) is 20.4 Å². The lowest BCUT2D eigenvalue weighted by Gasteiger charge is -2.48. The molecule has 9 nitrogen and oxygen atoms in total. The normalized spacial score (nSPS) is 24.1. The summed E-state index contributed by atoms with van der Waals surface area (Å²) >= 11 is 0. The van der Waals surface area contributed by atoms with Crippen molar-refractivity contribution < 1.29 is 33.4 Å². The Bertz CT molecular complexity index is 2170. The van der Waals surface area contributed by atoms with Gasteiger partial charge in [0, 0.05) is 84.9 Å². The lowest BCUT2D eigenvalue weighted by atomic mass is 9.62. The number of benzene rings is 4. The number of hydrogen-bond donors (Lipinski definition) is 4. The zero-order valence-electron chi connectivity index (χ0n) is 38.7. The van der Waals surface area contributed by atoms with Crippen LogP contribution in [0.2, 0.25) is 0 Å². The third-order valence-corrected chi connectivity index (χ3v) is 15.4. The molecule has 2 aliphatic heterocycles. The molecule has 0 spiro atoms. The maximum absolute atomic E-state index is 16.3. The number of rotatable bonds is 20. The highest BCUT2D eigenvalue weighted by atomic mass is 19.1. The van der Waals surface area contributed by atoms with Gasteiger partial charge in [-0.25, -0.2) is 8.78 Å². The summed E-state index contributed by atoms with van der Waals surface area (Å²) in [6.07, 6.45) is 10.8. The van der Waals surface area contributed by atoms with Crippen molar-refractivity contribution in [3.63, 3.8) is 0 Å². The third kappa shape index (κ3) is 11.0. The number of Topliss-reactive ketones (excluding diaryl/α,β-unsaturated/α-hetero) is 3. The van der Waals surface area contributed by atoms with Gasteiger partial charge in [0.15, 0.2) is 11.6 Å². The van der Waals surface area contributed by atoms with Crippen LogP contribution in [0.1, 0.15) is 119 Å². The van der Waals surface area contributed by atoms with E-state index in [9.17, 15) is 10.2 Å². The number of nitrogens with zero attached hydrogens (tertiary/aromatic N) is 2. The maximum Gasteiger partial charge on any atom is 0.167 e. The summed E-state index contributed by atoms with van der Waals surface area (Å²) in [5.74, 6) is -6.16. The van der Waals surface area contributed by atoms with Crippen molar-refractivity contribution in [1.29, 1.82) is 0 Å². The van der Waals surface area contributed by atoms with Crippen LogP contribution < -0.4 is 10.6 Å². The molecule has 0 amide bonds. The number of halogens is 2. The minimum absolute atomic E-state index is 0.0459. The van der Waals surface area contributed by atoms with Crippen LogP contribution in [0.15, 0.2) is 84.9 Å². The quantitative estimate of drug-likeness (QED) is 0.0509. The second kappa shape index (κ2) is 21.9. The van der Waals surface area contributed by atoms with E-state index in [4.69, 9.17) is 0 Å². The number of nitrogens with one attached hydrogen (secondary N) is 2. The fourth-order valence-corrected chi connectivity index (χ4v) is 11.3. The molecule has 2 aliphatic carbocycles. The van der Waals surface area contributed by atoms with E-state index in [2.05, 4.69) is 20.4 Å². The number of ketones is 3. The first kappa shape index (κ1) is 47.7. The number of piperidine rings is 2. The molecule has 4 fully saturated rings. The Kier molecular flexibility index (Phi) is 15.8.